The Morgan fingerprint density at radius 3 is 2.28 bits per heavy atom. The van der Waals surface area contributed by atoms with Crippen LogP contribution in [0.5, 0.6) is 0 Å². The summed E-state index contributed by atoms with van der Waals surface area (Å²) in [5.74, 6) is 0. The lowest BCUT2D eigenvalue weighted by molar-refractivity contribution is 0.221. The molecular formula is C15H22N3O5PS. The molecule has 0 aromatic heterocycles. The summed E-state index contributed by atoms with van der Waals surface area (Å²) in [6, 6.07) is 7.83. The molecule has 0 bridgehead atoms. The van der Waals surface area contributed by atoms with Crippen molar-refractivity contribution in [1.29, 1.82) is 0 Å². The molecule has 0 unspecified atom stereocenters. The Hall–Kier alpha value is -1.64. The van der Waals surface area contributed by atoms with E-state index < -0.39 is 17.6 Å². The van der Waals surface area contributed by atoms with Gasteiger partial charge in [0, 0.05) is 10.8 Å². The van der Waals surface area contributed by atoms with E-state index in [0.717, 1.165) is 0 Å². The van der Waals surface area contributed by atoms with Crippen molar-refractivity contribution in [3.05, 3.63) is 30.3 Å². The first-order chi connectivity index (χ1) is 11.7. The molecule has 5 N–H and O–H groups in total. The van der Waals surface area contributed by atoms with Crippen molar-refractivity contribution in [1.82, 2.24) is 0 Å². The molecule has 0 saturated carbocycles. The minimum Gasteiger partial charge on any atom is -0.397 e. The van der Waals surface area contributed by atoms with Crippen molar-refractivity contribution in [2.75, 3.05) is 30.6 Å². The van der Waals surface area contributed by atoms with Gasteiger partial charge in [-0.25, -0.2) is 13.6 Å². The molecule has 2 aromatic carbocycles. The largest absolute Gasteiger partial charge is 0.397 e. The number of fused-ring (bicyclic) bond motifs is 1. The van der Waals surface area contributed by atoms with Crippen molar-refractivity contribution >= 4 is 39.8 Å². The Morgan fingerprint density at radius 2 is 1.72 bits per heavy atom. The summed E-state index contributed by atoms with van der Waals surface area (Å²) in [6.45, 7) is 3.91. The standard InChI is InChI=1S/C15H22N3O5PS/c1-3-22-24(19,23-4-2)10-18-15-12-6-5-7-14(25(17,20)21)11(12)8-9-13(15)16/h5-9,18H,3-4,10,16H2,1-2H3,(H2,17,20,21). The van der Waals surface area contributed by atoms with E-state index in [1.165, 1.54) is 6.07 Å². The topological polar surface area (TPSA) is 134 Å². The molecule has 0 atom stereocenters. The lowest BCUT2D eigenvalue weighted by atomic mass is 10.1. The minimum absolute atomic E-state index is 0.00847. The van der Waals surface area contributed by atoms with Crippen LogP contribution in [0, 0.1) is 0 Å². The predicted molar refractivity (Wildman–Crippen MR) is 99.1 cm³/mol. The van der Waals surface area contributed by atoms with Gasteiger partial charge in [0.1, 0.15) is 6.29 Å². The van der Waals surface area contributed by atoms with Gasteiger partial charge in [0.25, 0.3) is 0 Å². The van der Waals surface area contributed by atoms with Gasteiger partial charge in [-0.3, -0.25) is 4.57 Å². The lowest BCUT2D eigenvalue weighted by Gasteiger charge is -2.20. The van der Waals surface area contributed by atoms with Crippen LogP contribution in [0.4, 0.5) is 11.4 Å². The Morgan fingerprint density at radius 1 is 1.08 bits per heavy atom. The molecule has 138 valence electrons. The summed E-state index contributed by atoms with van der Waals surface area (Å²) in [5.41, 5.74) is 6.83. The van der Waals surface area contributed by atoms with E-state index in [9.17, 15) is 13.0 Å². The van der Waals surface area contributed by atoms with Crippen LogP contribution >= 0.6 is 7.60 Å². The number of nitrogens with two attached hydrogens (primary N) is 2. The van der Waals surface area contributed by atoms with Gasteiger partial charge in [-0.2, -0.15) is 0 Å². The Balaban J connectivity index is 2.48. The van der Waals surface area contributed by atoms with Gasteiger partial charge in [-0.1, -0.05) is 18.2 Å². The van der Waals surface area contributed by atoms with Crippen LogP contribution in [0.15, 0.2) is 35.2 Å². The van der Waals surface area contributed by atoms with E-state index in [4.69, 9.17) is 19.9 Å². The molecule has 2 aromatic rings. The number of sulfonamides is 1. The zero-order valence-electron chi connectivity index (χ0n) is 14.1. The zero-order valence-corrected chi connectivity index (χ0v) is 15.8. The molecule has 0 fully saturated rings. The highest BCUT2D eigenvalue weighted by atomic mass is 32.2. The van der Waals surface area contributed by atoms with Crippen LogP contribution in [0.3, 0.4) is 0 Å². The first-order valence-corrected chi connectivity index (χ1v) is 10.9. The van der Waals surface area contributed by atoms with E-state index in [0.29, 0.717) is 22.1 Å². The van der Waals surface area contributed by atoms with E-state index >= 15 is 0 Å². The summed E-state index contributed by atoms with van der Waals surface area (Å²) >= 11 is 0. The van der Waals surface area contributed by atoms with Gasteiger partial charge in [0.2, 0.25) is 10.0 Å². The maximum atomic E-state index is 12.6. The molecule has 0 heterocycles. The monoisotopic (exact) mass is 387 g/mol. The number of anilines is 2. The molecule has 0 aliphatic carbocycles. The molecule has 0 radical (unpaired) electrons. The number of hydrogen-bond acceptors (Lipinski definition) is 7. The van der Waals surface area contributed by atoms with E-state index in [2.05, 4.69) is 5.32 Å². The van der Waals surface area contributed by atoms with Crippen LogP contribution in [0.25, 0.3) is 10.8 Å². The highest BCUT2D eigenvalue weighted by Gasteiger charge is 2.24. The minimum atomic E-state index is -3.89. The second-order valence-corrected chi connectivity index (χ2v) is 8.79. The Kier molecular flexibility index (Phi) is 6.08. The maximum Gasteiger partial charge on any atom is 0.349 e. The fourth-order valence-corrected chi connectivity index (χ4v) is 4.64. The van der Waals surface area contributed by atoms with Crippen molar-refractivity contribution in [3.63, 3.8) is 0 Å². The summed E-state index contributed by atoms with van der Waals surface area (Å²) in [7, 11) is -7.23. The smallest absolute Gasteiger partial charge is 0.349 e. The molecule has 0 amide bonds. The fraction of sp³-hybridized carbons (Fsp3) is 0.333. The molecule has 0 saturated heterocycles. The average Bonchev–Trinajstić information content (AvgIpc) is 2.53. The number of benzene rings is 2. The third-order valence-corrected chi connectivity index (χ3v) is 6.28. The first kappa shape index (κ1) is 19.7. The average molecular weight is 387 g/mol. The van der Waals surface area contributed by atoms with Crippen LogP contribution < -0.4 is 16.2 Å². The quantitative estimate of drug-likeness (QED) is 0.468. The van der Waals surface area contributed by atoms with Crippen molar-refractivity contribution in [2.45, 2.75) is 18.7 Å². The van der Waals surface area contributed by atoms with Crippen molar-refractivity contribution in [3.8, 4) is 0 Å². The summed E-state index contributed by atoms with van der Waals surface area (Å²) in [6.07, 6.45) is -0.0996. The van der Waals surface area contributed by atoms with Crippen LogP contribution in [0.1, 0.15) is 13.8 Å². The van der Waals surface area contributed by atoms with E-state index in [-0.39, 0.29) is 24.4 Å². The molecular weight excluding hydrogens is 365 g/mol. The second kappa shape index (κ2) is 7.72. The number of rotatable bonds is 8. The SMILES string of the molecule is CCOP(=O)(CNc1c(N)ccc2c(S(N)(=O)=O)cccc12)OCC. The van der Waals surface area contributed by atoms with Crippen molar-refractivity contribution < 1.29 is 22.0 Å². The Labute approximate surface area is 147 Å². The number of nitrogen functional groups attached to an aromatic ring is 1. The lowest BCUT2D eigenvalue weighted by Crippen LogP contribution is -2.13. The Bertz CT molecular complexity index is 907. The van der Waals surface area contributed by atoms with Gasteiger partial charge in [0.15, 0.2) is 0 Å². The molecule has 0 aliphatic heterocycles. The third kappa shape index (κ3) is 4.50. The zero-order chi connectivity index (χ0) is 18.7. The molecule has 10 heteroatoms. The molecule has 2 rings (SSSR count). The predicted octanol–water partition coefficient (Wildman–Crippen LogP) is 2.70. The fourth-order valence-electron chi connectivity index (χ4n) is 2.49. The van der Waals surface area contributed by atoms with Crippen LogP contribution in [-0.2, 0) is 23.6 Å². The highest BCUT2D eigenvalue weighted by Crippen LogP contribution is 2.48. The molecule has 0 aliphatic rings. The van der Waals surface area contributed by atoms with Gasteiger partial charge in [0.05, 0.1) is 29.5 Å². The van der Waals surface area contributed by atoms with Gasteiger partial charge < -0.3 is 20.1 Å². The van der Waals surface area contributed by atoms with Crippen molar-refractivity contribution in [2.24, 2.45) is 5.14 Å². The highest BCUT2D eigenvalue weighted by molar-refractivity contribution is 7.89. The van der Waals surface area contributed by atoms with Crippen LogP contribution in [-0.4, -0.2) is 27.9 Å². The van der Waals surface area contributed by atoms with Gasteiger partial charge >= 0.3 is 7.60 Å². The molecule has 8 nitrogen and oxygen atoms in total. The van der Waals surface area contributed by atoms with E-state index in [1.54, 1.807) is 38.1 Å². The van der Waals surface area contributed by atoms with E-state index in [1.807, 2.05) is 0 Å². The first-order valence-electron chi connectivity index (χ1n) is 7.68. The summed E-state index contributed by atoms with van der Waals surface area (Å²) in [5, 5.41) is 9.21. The number of hydrogen-bond donors (Lipinski definition) is 3. The number of nitrogens with one attached hydrogen (secondary N) is 1. The second-order valence-electron chi connectivity index (χ2n) is 5.21. The summed E-state index contributed by atoms with van der Waals surface area (Å²) < 4.78 is 46.6. The van der Waals surface area contributed by atoms with Gasteiger partial charge in [-0.05, 0) is 26.0 Å². The summed E-state index contributed by atoms with van der Waals surface area (Å²) in [4.78, 5) is -0.00847. The normalized spacial score (nSPS) is 12.4. The van der Waals surface area contributed by atoms with Gasteiger partial charge in [-0.15, -0.1) is 0 Å². The number of primary sulfonamides is 1. The molecule has 0 spiro atoms. The maximum absolute atomic E-state index is 12.6. The molecule has 25 heavy (non-hydrogen) atoms. The third-order valence-electron chi connectivity index (χ3n) is 3.46. The van der Waals surface area contributed by atoms with Crippen LogP contribution in [0.2, 0.25) is 0 Å².